The number of aromatic amines is 1. The molecule has 10 nitrogen and oxygen atoms in total. The maximum Gasteiger partial charge on any atom is 0.322 e. The fourth-order valence-corrected chi connectivity index (χ4v) is 3.04. The fourth-order valence-electron chi connectivity index (χ4n) is 2.79. The monoisotopic (exact) mass is 435 g/mol. The van der Waals surface area contributed by atoms with E-state index in [1.165, 1.54) is 6.92 Å². The lowest BCUT2D eigenvalue weighted by atomic mass is 10.0. The number of nitrogens with one attached hydrogen (secondary N) is 4. The van der Waals surface area contributed by atoms with E-state index < -0.39 is 48.4 Å². The number of aromatic nitrogens is 1. The highest BCUT2D eigenvalue weighted by Gasteiger charge is 2.27. The van der Waals surface area contributed by atoms with Gasteiger partial charge in [0.1, 0.15) is 18.6 Å². The topological polar surface area (TPSA) is 166 Å². The van der Waals surface area contributed by atoms with Crippen LogP contribution in [0.25, 0.3) is 10.9 Å². The molecule has 3 atom stereocenters. The standard InChI is InChI=1S/C19H25N5O5S/c1-10(20)17(27)24-15(9-30)19(29)23-14(18(28)22-8-16(25)26)6-11-7-21-13-5-3-2-4-12(11)13/h2-5,7,10,14-15,21,30H,6,8-9,20H2,1H3,(H,22,28)(H,23,29)(H,24,27)(H,25,26). The number of carboxylic acid groups (broad SMARTS) is 1. The highest BCUT2D eigenvalue weighted by Crippen LogP contribution is 2.19. The molecule has 1 aromatic heterocycles. The van der Waals surface area contributed by atoms with Crippen LogP contribution in [0.4, 0.5) is 0 Å². The van der Waals surface area contributed by atoms with E-state index in [4.69, 9.17) is 10.8 Å². The molecule has 0 saturated carbocycles. The van der Waals surface area contributed by atoms with Gasteiger partial charge in [-0.15, -0.1) is 0 Å². The molecule has 1 heterocycles. The van der Waals surface area contributed by atoms with Crippen LogP contribution in [0.2, 0.25) is 0 Å². The van der Waals surface area contributed by atoms with Crippen LogP contribution < -0.4 is 21.7 Å². The first-order valence-corrected chi connectivity index (χ1v) is 9.87. The number of nitrogens with two attached hydrogens (primary N) is 1. The van der Waals surface area contributed by atoms with Crippen LogP contribution in [0.5, 0.6) is 0 Å². The highest BCUT2D eigenvalue weighted by atomic mass is 32.1. The van der Waals surface area contributed by atoms with Crippen molar-refractivity contribution >= 4 is 47.2 Å². The molecule has 7 N–H and O–H groups in total. The van der Waals surface area contributed by atoms with E-state index in [0.29, 0.717) is 0 Å². The molecule has 3 unspecified atom stereocenters. The summed E-state index contributed by atoms with van der Waals surface area (Å²) in [5, 5.41) is 17.0. The van der Waals surface area contributed by atoms with Crippen LogP contribution in [0.3, 0.4) is 0 Å². The Balaban J connectivity index is 2.20. The molecule has 30 heavy (non-hydrogen) atoms. The lowest BCUT2D eigenvalue weighted by Crippen LogP contribution is -2.56. The van der Waals surface area contributed by atoms with E-state index in [2.05, 4.69) is 33.6 Å². The Labute approximate surface area is 178 Å². The third-order valence-electron chi connectivity index (χ3n) is 4.37. The maximum absolute atomic E-state index is 12.7. The van der Waals surface area contributed by atoms with Crippen molar-refractivity contribution < 1.29 is 24.3 Å². The van der Waals surface area contributed by atoms with Crippen LogP contribution in [0.1, 0.15) is 12.5 Å². The molecule has 0 bridgehead atoms. The third kappa shape index (κ3) is 6.22. The van der Waals surface area contributed by atoms with E-state index in [9.17, 15) is 19.2 Å². The minimum Gasteiger partial charge on any atom is -0.480 e. The predicted molar refractivity (Wildman–Crippen MR) is 114 cm³/mol. The molecule has 2 aromatic rings. The van der Waals surface area contributed by atoms with Gasteiger partial charge in [0.05, 0.1) is 6.04 Å². The average molecular weight is 436 g/mol. The van der Waals surface area contributed by atoms with Gasteiger partial charge < -0.3 is 31.8 Å². The Morgan fingerprint density at radius 3 is 2.40 bits per heavy atom. The molecule has 0 saturated heterocycles. The molecule has 0 radical (unpaired) electrons. The lowest BCUT2D eigenvalue weighted by Gasteiger charge is -2.22. The van der Waals surface area contributed by atoms with Gasteiger partial charge in [-0.2, -0.15) is 12.6 Å². The molecule has 0 spiro atoms. The smallest absolute Gasteiger partial charge is 0.322 e. The molecule has 0 fully saturated rings. The summed E-state index contributed by atoms with van der Waals surface area (Å²) in [4.78, 5) is 50.9. The van der Waals surface area contributed by atoms with Crippen molar-refractivity contribution in [3.05, 3.63) is 36.0 Å². The first-order chi connectivity index (χ1) is 14.2. The molecule has 2 rings (SSSR count). The zero-order valence-electron chi connectivity index (χ0n) is 16.3. The van der Waals surface area contributed by atoms with Crippen molar-refractivity contribution in [3.8, 4) is 0 Å². The molecular formula is C19H25N5O5S. The van der Waals surface area contributed by atoms with Gasteiger partial charge >= 0.3 is 5.97 Å². The number of hydrogen-bond donors (Lipinski definition) is 7. The van der Waals surface area contributed by atoms with E-state index in [1.807, 2.05) is 24.3 Å². The second-order valence-corrected chi connectivity index (χ2v) is 7.13. The van der Waals surface area contributed by atoms with Crippen molar-refractivity contribution in [1.29, 1.82) is 0 Å². The number of carbonyl (C=O) groups is 4. The van der Waals surface area contributed by atoms with E-state index in [1.54, 1.807) is 6.20 Å². The lowest BCUT2D eigenvalue weighted by molar-refractivity contribution is -0.138. The first-order valence-electron chi connectivity index (χ1n) is 9.24. The minimum absolute atomic E-state index is 0.0131. The van der Waals surface area contributed by atoms with Gasteiger partial charge in [-0.3, -0.25) is 19.2 Å². The summed E-state index contributed by atoms with van der Waals surface area (Å²) in [6.07, 6.45) is 1.84. The summed E-state index contributed by atoms with van der Waals surface area (Å²) in [5.74, 6) is -3.05. The van der Waals surface area contributed by atoms with Gasteiger partial charge in [-0.1, -0.05) is 18.2 Å². The number of para-hydroxylation sites is 1. The number of carboxylic acids is 1. The van der Waals surface area contributed by atoms with Crippen molar-refractivity contribution in [1.82, 2.24) is 20.9 Å². The SMILES string of the molecule is CC(N)C(=O)NC(CS)C(=O)NC(Cc1c[nH]c2ccccc12)C(=O)NCC(=O)O. The zero-order valence-corrected chi connectivity index (χ0v) is 17.2. The summed E-state index contributed by atoms with van der Waals surface area (Å²) in [5.41, 5.74) is 7.14. The third-order valence-corrected chi connectivity index (χ3v) is 4.74. The van der Waals surface area contributed by atoms with Crippen LogP contribution in [0, 0.1) is 0 Å². The summed E-state index contributed by atoms with van der Waals surface area (Å²) in [6, 6.07) is 4.56. The van der Waals surface area contributed by atoms with Gasteiger partial charge in [0, 0.05) is 29.3 Å². The Morgan fingerprint density at radius 1 is 1.10 bits per heavy atom. The van der Waals surface area contributed by atoms with Crippen LogP contribution >= 0.6 is 12.6 Å². The Bertz CT molecular complexity index is 929. The molecule has 3 amide bonds. The average Bonchev–Trinajstić information content (AvgIpc) is 3.12. The van der Waals surface area contributed by atoms with Gasteiger partial charge in [0.15, 0.2) is 0 Å². The molecule has 1 aromatic carbocycles. The van der Waals surface area contributed by atoms with Gasteiger partial charge in [0.25, 0.3) is 0 Å². The van der Waals surface area contributed by atoms with Crippen LogP contribution in [0.15, 0.2) is 30.5 Å². The number of carbonyl (C=O) groups excluding carboxylic acids is 3. The van der Waals surface area contributed by atoms with Crippen molar-refractivity contribution in [2.24, 2.45) is 5.73 Å². The fraction of sp³-hybridized carbons (Fsp3) is 0.368. The second kappa shape index (κ2) is 10.6. The normalized spacial score (nSPS) is 13.8. The minimum atomic E-state index is -1.21. The maximum atomic E-state index is 12.7. The Kier molecular flexibility index (Phi) is 8.25. The number of benzene rings is 1. The van der Waals surface area contributed by atoms with Gasteiger partial charge in [0.2, 0.25) is 17.7 Å². The molecule has 0 aliphatic rings. The van der Waals surface area contributed by atoms with Gasteiger partial charge in [-0.05, 0) is 18.6 Å². The summed E-state index contributed by atoms with van der Waals surface area (Å²) in [7, 11) is 0. The van der Waals surface area contributed by atoms with Gasteiger partial charge in [-0.25, -0.2) is 0 Å². The molecule has 0 aliphatic heterocycles. The molecular weight excluding hydrogens is 410 g/mol. The van der Waals surface area contributed by atoms with Crippen molar-refractivity contribution in [3.63, 3.8) is 0 Å². The van der Waals surface area contributed by atoms with E-state index in [-0.39, 0.29) is 12.2 Å². The largest absolute Gasteiger partial charge is 0.480 e. The van der Waals surface area contributed by atoms with E-state index >= 15 is 0 Å². The number of fused-ring (bicyclic) bond motifs is 1. The van der Waals surface area contributed by atoms with Crippen LogP contribution in [-0.2, 0) is 25.6 Å². The number of hydrogen-bond acceptors (Lipinski definition) is 6. The summed E-state index contributed by atoms with van der Waals surface area (Å²) in [6.45, 7) is 0.887. The first kappa shape index (κ1) is 23.2. The summed E-state index contributed by atoms with van der Waals surface area (Å²) >= 11 is 4.08. The number of aliphatic carboxylic acids is 1. The quantitative estimate of drug-likeness (QED) is 0.240. The molecule has 162 valence electrons. The predicted octanol–water partition coefficient (Wildman–Crippen LogP) is -0.842. The van der Waals surface area contributed by atoms with Crippen molar-refractivity contribution in [2.45, 2.75) is 31.5 Å². The highest BCUT2D eigenvalue weighted by molar-refractivity contribution is 7.80. The van der Waals surface area contributed by atoms with E-state index in [0.717, 1.165) is 16.5 Å². The summed E-state index contributed by atoms with van der Waals surface area (Å²) < 4.78 is 0. The number of H-pyrrole nitrogens is 1. The Morgan fingerprint density at radius 2 is 1.77 bits per heavy atom. The zero-order chi connectivity index (χ0) is 22.3. The molecule has 11 heteroatoms. The number of rotatable bonds is 10. The van der Waals surface area contributed by atoms with Crippen molar-refractivity contribution in [2.75, 3.05) is 12.3 Å². The molecule has 0 aliphatic carbocycles. The van der Waals surface area contributed by atoms with Crippen LogP contribution in [-0.4, -0.2) is 64.2 Å². The second-order valence-electron chi connectivity index (χ2n) is 6.77. The number of amides is 3. The Hall–Kier alpha value is -3.05. The number of thiol groups is 1.